The van der Waals surface area contributed by atoms with Crippen LogP contribution < -0.4 is 0 Å². The first-order valence-electron chi connectivity index (χ1n) is 4.31. The van der Waals surface area contributed by atoms with Crippen LogP contribution in [0.15, 0.2) is 24.8 Å². The molecule has 2 aromatic heterocycles. The van der Waals surface area contributed by atoms with Crippen molar-refractivity contribution in [2.24, 2.45) is 0 Å². The lowest BCUT2D eigenvalue weighted by atomic mass is 10.2. The summed E-state index contributed by atoms with van der Waals surface area (Å²) in [5.41, 5.74) is 0.991. The Morgan fingerprint density at radius 2 is 2.29 bits per heavy atom. The molecule has 0 fully saturated rings. The number of aromatic nitrogens is 4. The van der Waals surface area contributed by atoms with Gasteiger partial charge in [0.05, 0.1) is 0 Å². The number of aryl methyl sites for hydroxylation is 1. The van der Waals surface area contributed by atoms with E-state index in [-0.39, 0.29) is 0 Å². The first kappa shape index (κ1) is 9.15. The third-order valence-corrected chi connectivity index (χ3v) is 2.28. The Balaban J connectivity index is 2.46. The molecule has 14 heavy (non-hydrogen) atoms. The Bertz CT molecular complexity index is 424. The quantitative estimate of drug-likeness (QED) is 0.757. The molecule has 5 heteroatoms. The average molecular weight is 209 g/mol. The van der Waals surface area contributed by atoms with E-state index in [1.165, 1.54) is 0 Å². The van der Waals surface area contributed by atoms with E-state index < -0.39 is 0 Å². The van der Waals surface area contributed by atoms with Crippen LogP contribution in [0.4, 0.5) is 0 Å². The Hall–Kier alpha value is -1.42. The minimum absolute atomic E-state index is 0.469. The molecule has 0 aliphatic heterocycles. The van der Waals surface area contributed by atoms with Crippen LogP contribution in [0.1, 0.15) is 12.5 Å². The van der Waals surface area contributed by atoms with Gasteiger partial charge < -0.3 is 0 Å². The minimum Gasteiger partial charge on any atom is -0.289 e. The highest BCUT2D eigenvalue weighted by atomic mass is 35.5. The number of halogens is 1. The lowest BCUT2D eigenvalue weighted by Crippen LogP contribution is -1.99. The second-order valence-corrected chi connectivity index (χ2v) is 3.20. The summed E-state index contributed by atoms with van der Waals surface area (Å²) in [6.07, 6.45) is 6.03. The summed E-state index contributed by atoms with van der Waals surface area (Å²) in [5, 5.41) is 8.31. The van der Waals surface area contributed by atoms with Gasteiger partial charge in [0.15, 0.2) is 11.0 Å². The first-order chi connectivity index (χ1) is 6.81. The van der Waals surface area contributed by atoms with Gasteiger partial charge in [-0.15, -0.1) is 10.2 Å². The molecule has 4 nitrogen and oxygen atoms in total. The number of hydrogen-bond acceptors (Lipinski definition) is 3. The highest BCUT2D eigenvalue weighted by molar-refractivity contribution is 6.30. The van der Waals surface area contributed by atoms with Crippen molar-refractivity contribution in [2.75, 3.05) is 0 Å². The number of imidazole rings is 1. The first-order valence-corrected chi connectivity index (χ1v) is 4.69. The van der Waals surface area contributed by atoms with Crippen LogP contribution in [0.5, 0.6) is 0 Å². The zero-order valence-corrected chi connectivity index (χ0v) is 8.44. The van der Waals surface area contributed by atoms with Gasteiger partial charge in [-0.2, -0.15) is 0 Å². The highest BCUT2D eigenvalue weighted by Crippen LogP contribution is 2.14. The maximum Gasteiger partial charge on any atom is 0.160 e. The van der Waals surface area contributed by atoms with E-state index in [4.69, 9.17) is 11.6 Å². The third kappa shape index (κ3) is 1.61. The Morgan fingerprint density at radius 1 is 1.43 bits per heavy atom. The van der Waals surface area contributed by atoms with Gasteiger partial charge in [0.1, 0.15) is 6.33 Å². The Kier molecular flexibility index (Phi) is 2.45. The number of rotatable bonds is 2. The summed E-state index contributed by atoms with van der Waals surface area (Å²) in [6, 6.07) is 1.91. The Labute approximate surface area is 86.6 Å². The normalized spacial score (nSPS) is 10.4. The molecule has 0 spiro atoms. The van der Waals surface area contributed by atoms with Gasteiger partial charge in [-0.3, -0.25) is 4.57 Å². The lowest BCUT2D eigenvalue weighted by Gasteiger charge is -2.03. The van der Waals surface area contributed by atoms with Crippen molar-refractivity contribution in [3.05, 3.63) is 35.5 Å². The van der Waals surface area contributed by atoms with E-state index in [2.05, 4.69) is 15.2 Å². The van der Waals surface area contributed by atoms with Crippen molar-refractivity contribution in [1.29, 1.82) is 0 Å². The molecule has 2 heterocycles. The van der Waals surface area contributed by atoms with Crippen LogP contribution in [0.25, 0.3) is 5.82 Å². The smallest absolute Gasteiger partial charge is 0.160 e. The fourth-order valence-electron chi connectivity index (χ4n) is 1.17. The topological polar surface area (TPSA) is 43.6 Å². The predicted octanol–water partition coefficient (Wildman–Crippen LogP) is 1.88. The summed E-state index contributed by atoms with van der Waals surface area (Å²) in [5.74, 6) is 0.740. The monoisotopic (exact) mass is 208 g/mol. The van der Waals surface area contributed by atoms with Crippen LogP contribution in [0.3, 0.4) is 0 Å². The molecule has 0 aromatic carbocycles. The van der Waals surface area contributed by atoms with Crippen molar-refractivity contribution in [3.8, 4) is 5.82 Å². The molecule has 0 aliphatic rings. The minimum atomic E-state index is 0.469. The summed E-state index contributed by atoms with van der Waals surface area (Å²) < 4.78 is 1.79. The SMILES string of the molecule is CCc1cc(-n2ccnc2)nnc1Cl. The van der Waals surface area contributed by atoms with Crippen LogP contribution in [0, 0.1) is 0 Å². The van der Waals surface area contributed by atoms with E-state index in [1.54, 1.807) is 17.1 Å². The van der Waals surface area contributed by atoms with E-state index in [1.807, 2.05) is 19.2 Å². The molecule has 0 aliphatic carbocycles. The van der Waals surface area contributed by atoms with Crippen molar-refractivity contribution >= 4 is 11.6 Å². The van der Waals surface area contributed by atoms with E-state index in [0.29, 0.717) is 5.15 Å². The fraction of sp³-hybridized carbons (Fsp3) is 0.222. The van der Waals surface area contributed by atoms with E-state index in [0.717, 1.165) is 17.8 Å². The van der Waals surface area contributed by atoms with Crippen molar-refractivity contribution in [1.82, 2.24) is 19.7 Å². The largest absolute Gasteiger partial charge is 0.289 e. The molecule has 0 bridgehead atoms. The lowest BCUT2D eigenvalue weighted by molar-refractivity contribution is 0.893. The summed E-state index contributed by atoms with van der Waals surface area (Å²) >= 11 is 5.86. The van der Waals surface area contributed by atoms with Gasteiger partial charge in [0.25, 0.3) is 0 Å². The molecule has 72 valence electrons. The summed E-state index contributed by atoms with van der Waals surface area (Å²) in [6.45, 7) is 2.03. The van der Waals surface area contributed by atoms with Gasteiger partial charge in [0.2, 0.25) is 0 Å². The number of hydrogen-bond donors (Lipinski definition) is 0. The zero-order valence-electron chi connectivity index (χ0n) is 7.68. The molecule has 2 aromatic rings. The Morgan fingerprint density at radius 3 is 2.93 bits per heavy atom. The third-order valence-electron chi connectivity index (χ3n) is 1.96. The predicted molar refractivity (Wildman–Crippen MR) is 53.5 cm³/mol. The van der Waals surface area contributed by atoms with Crippen LogP contribution in [-0.2, 0) is 6.42 Å². The van der Waals surface area contributed by atoms with E-state index >= 15 is 0 Å². The molecule has 0 atom stereocenters. The molecule has 0 N–H and O–H groups in total. The molecule has 0 unspecified atom stereocenters. The van der Waals surface area contributed by atoms with Gasteiger partial charge >= 0.3 is 0 Å². The molecular weight excluding hydrogens is 200 g/mol. The maximum atomic E-state index is 5.86. The van der Waals surface area contributed by atoms with Crippen LogP contribution >= 0.6 is 11.6 Å². The fourth-order valence-corrected chi connectivity index (χ4v) is 1.40. The maximum absolute atomic E-state index is 5.86. The van der Waals surface area contributed by atoms with Gasteiger partial charge in [-0.1, -0.05) is 18.5 Å². The molecule has 0 radical (unpaired) electrons. The second-order valence-electron chi connectivity index (χ2n) is 2.84. The molecule has 0 amide bonds. The zero-order chi connectivity index (χ0) is 9.97. The van der Waals surface area contributed by atoms with Crippen molar-refractivity contribution in [2.45, 2.75) is 13.3 Å². The highest BCUT2D eigenvalue weighted by Gasteiger charge is 2.04. The van der Waals surface area contributed by atoms with Crippen molar-refractivity contribution in [3.63, 3.8) is 0 Å². The van der Waals surface area contributed by atoms with Crippen LogP contribution in [-0.4, -0.2) is 19.7 Å². The standard InChI is InChI=1S/C9H9ClN4/c1-2-7-5-8(12-13-9(7)10)14-4-3-11-6-14/h3-6H,2H2,1H3. The summed E-state index contributed by atoms with van der Waals surface area (Å²) in [7, 11) is 0. The van der Waals surface area contributed by atoms with Crippen molar-refractivity contribution < 1.29 is 0 Å². The number of nitrogens with zero attached hydrogens (tertiary/aromatic N) is 4. The molecule has 0 saturated carbocycles. The second kappa shape index (κ2) is 3.75. The molecule has 0 saturated heterocycles. The average Bonchev–Trinajstić information content (AvgIpc) is 2.71. The van der Waals surface area contributed by atoms with E-state index in [9.17, 15) is 0 Å². The van der Waals surface area contributed by atoms with Gasteiger partial charge in [-0.05, 0) is 18.1 Å². The van der Waals surface area contributed by atoms with Gasteiger partial charge in [-0.25, -0.2) is 4.98 Å². The summed E-state index contributed by atoms with van der Waals surface area (Å²) in [4.78, 5) is 3.94. The molecule has 2 rings (SSSR count). The van der Waals surface area contributed by atoms with Crippen LogP contribution in [0.2, 0.25) is 5.15 Å². The molecular formula is C9H9ClN4. The van der Waals surface area contributed by atoms with Gasteiger partial charge in [0, 0.05) is 12.4 Å².